The van der Waals surface area contributed by atoms with Gasteiger partial charge in [0.2, 0.25) is 0 Å². The van der Waals surface area contributed by atoms with Crippen molar-refractivity contribution in [3.8, 4) is 0 Å². The molecule has 0 saturated heterocycles. The first kappa shape index (κ1) is 13.4. The van der Waals surface area contributed by atoms with Gasteiger partial charge in [0.15, 0.2) is 0 Å². The fourth-order valence-electron chi connectivity index (χ4n) is 1.29. The lowest BCUT2D eigenvalue weighted by atomic mass is 10.2. The summed E-state index contributed by atoms with van der Waals surface area (Å²) in [5, 5.41) is 1.21. The molecule has 0 fully saturated rings. The molecular weight excluding hydrogens is 216 g/mol. The monoisotopic (exact) mass is 237 g/mol. The van der Waals surface area contributed by atoms with Crippen LogP contribution in [0.3, 0.4) is 0 Å². The molecule has 0 aliphatic rings. The van der Waals surface area contributed by atoms with Crippen molar-refractivity contribution in [3.05, 3.63) is 29.8 Å². The van der Waals surface area contributed by atoms with Gasteiger partial charge in [0, 0.05) is 13.2 Å². The van der Waals surface area contributed by atoms with Crippen molar-refractivity contribution in [3.63, 3.8) is 0 Å². The van der Waals surface area contributed by atoms with Crippen LogP contribution in [-0.4, -0.2) is 22.5 Å². The fourth-order valence-corrected chi connectivity index (χ4v) is 2.92. The topological polar surface area (TPSA) is 18.5 Å². The Morgan fingerprint density at radius 1 is 0.938 bits per heavy atom. The van der Waals surface area contributed by atoms with E-state index in [1.54, 1.807) is 0 Å². The minimum atomic E-state index is -1.26. The van der Waals surface area contributed by atoms with Gasteiger partial charge in [-0.05, 0) is 25.0 Å². The zero-order valence-electron chi connectivity index (χ0n) is 10.5. The highest BCUT2D eigenvalue weighted by molar-refractivity contribution is 6.61. The van der Waals surface area contributed by atoms with Crippen LogP contribution in [0.25, 0.3) is 0 Å². The van der Waals surface area contributed by atoms with Crippen LogP contribution in [0.2, 0.25) is 0 Å². The summed E-state index contributed by atoms with van der Waals surface area (Å²) in [5.74, 6) is 0. The third-order valence-corrected chi connectivity index (χ3v) is 3.90. The first-order chi connectivity index (χ1) is 7.77. The lowest BCUT2D eigenvalue weighted by Gasteiger charge is -2.14. The lowest BCUT2D eigenvalue weighted by Crippen LogP contribution is -2.37. The normalized spacial score (nSPS) is 11.0. The average Bonchev–Trinajstić information content (AvgIpc) is 2.31. The molecule has 0 N–H and O–H groups in total. The van der Waals surface area contributed by atoms with Crippen LogP contribution in [0.4, 0.5) is 0 Å². The zero-order chi connectivity index (χ0) is 11.8. The highest BCUT2D eigenvalue weighted by atomic mass is 28.3. The molecule has 1 rings (SSSR count). The Hall–Kier alpha value is -0.643. The molecule has 0 unspecified atom stereocenters. The number of aryl methyl sites for hydroxylation is 1. The lowest BCUT2D eigenvalue weighted by molar-refractivity contribution is 0.207. The Labute approximate surface area is 100 Å². The van der Waals surface area contributed by atoms with E-state index >= 15 is 0 Å². The van der Waals surface area contributed by atoms with Crippen molar-refractivity contribution in [2.75, 3.05) is 13.2 Å². The highest BCUT2D eigenvalue weighted by Gasteiger charge is 2.18. The summed E-state index contributed by atoms with van der Waals surface area (Å²) >= 11 is 0. The Balaban J connectivity index is 2.62. The van der Waals surface area contributed by atoms with Gasteiger partial charge in [-0.3, -0.25) is 0 Å². The number of benzene rings is 1. The van der Waals surface area contributed by atoms with Gasteiger partial charge in [0.1, 0.15) is 0 Å². The van der Waals surface area contributed by atoms with Crippen molar-refractivity contribution in [2.24, 2.45) is 0 Å². The van der Waals surface area contributed by atoms with E-state index in [1.165, 1.54) is 10.8 Å². The van der Waals surface area contributed by atoms with Crippen LogP contribution in [0.1, 0.15) is 32.3 Å². The summed E-state index contributed by atoms with van der Waals surface area (Å²) in [5.41, 5.74) is 1.27. The first-order valence-corrected chi connectivity index (χ1v) is 7.29. The summed E-state index contributed by atoms with van der Waals surface area (Å²) in [6.45, 7) is 7.90. The molecule has 16 heavy (non-hydrogen) atoms. The van der Waals surface area contributed by atoms with Crippen molar-refractivity contribution in [1.29, 1.82) is 0 Å². The Morgan fingerprint density at radius 3 is 1.88 bits per heavy atom. The molecule has 0 bridgehead atoms. The first-order valence-electron chi connectivity index (χ1n) is 5.97. The summed E-state index contributed by atoms with van der Waals surface area (Å²) in [7, 11) is -1.26. The molecule has 0 aliphatic heterocycles. The molecule has 0 amide bonds. The zero-order valence-corrected chi connectivity index (χ0v) is 11.5. The Morgan fingerprint density at radius 2 is 1.44 bits per heavy atom. The van der Waals surface area contributed by atoms with Gasteiger partial charge in [-0.1, -0.05) is 43.7 Å². The molecule has 89 valence electrons. The van der Waals surface area contributed by atoms with Gasteiger partial charge in [-0.15, -0.1) is 0 Å². The largest absolute Gasteiger partial charge is 0.423 e. The second-order valence-electron chi connectivity index (χ2n) is 3.85. The van der Waals surface area contributed by atoms with Crippen LogP contribution in [0.5, 0.6) is 0 Å². The number of hydrogen-bond acceptors (Lipinski definition) is 2. The van der Waals surface area contributed by atoms with E-state index in [2.05, 4.69) is 45.0 Å². The van der Waals surface area contributed by atoms with E-state index < -0.39 is 9.28 Å². The Bertz CT molecular complexity index is 276. The summed E-state index contributed by atoms with van der Waals surface area (Å²) in [6, 6.07) is 8.47. The van der Waals surface area contributed by atoms with Crippen LogP contribution >= 0.6 is 0 Å². The second kappa shape index (κ2) is 7.60. The van der Waals surface area contributed by atoms with Crippen molar-refractivity contribution in [2.45, 2.75) is 33.6 Å². The molecule has 0 aromatic heterocycles. The minimum absolute atomic E-state index is 0.784. The molecule has 1 aromatic carbocycles. The maximum Gasteiger partial charge on any atom is 0.423 e. The molecule has 0 spiro atoms. The van der Waals surface area contributed by atoms with Gasteiger partial charge in [-0.2, -0.15) is 0 Å². The third-order valence-electron chi connectivity index (χ3n) is 2.16. The van der Waals surface area contributed by atoms with Crippen molar-refractivity contribution < 1.29 is 8.85 Å². The van der Waals surface area contributed by atoms with E-state index in [-0.39, 0.29) is 0 Å². The van der Waals surface area contributed by atoms with Gasteiger partial charge < -0.3 is 8.85 Å². The van der Waals surface area contributed by atoms with E-state index in [4.69, 9.17) is 8.85 Å². The molecule has 1 aromatic rings. The molecular formula is C13H21O2Si. The van der Waals surface area contributed by atoms with Gasteiger partial charge in [-0.25, -0.2) is 0 Å². The van der Waals surface area contributed by atoms with E-state index in [0.29, 0.717) is 0 Å². The Kier molecular flexibility index (Phi) is 6.38. The second-order valence-corrected chi connectivity index (χ2v) is 5.58. The standard InChI is InChI=1S/C13H21O2Si/c1-4-10-14-16(15-11-5-2)13-8-6-12(3)7-9-13/h6-9H,4-5,10-11H2,1-3H3. The number of hydrogen-bond donors (Lipinski definition) is 0. The van der Waals surface area contributed by atoms with E-state index in [1.807, 2.05) is 0 Å². The average molecular weight is 237 g/mol. The smallest absolute Gasteiger partial charge is 0.390 e. The third kappa shape index (κ3) is 4.47. The molecule has 3 heteroatoms. The fraction of sp³-hybridized carbons (Fsp3) is 0.538. The summed E-state index contributed by atoms with van der Waals surface area (Å²) in [6.07, 6.45) is 2.07. The van der Waals surface area contributed by atoms with Crippen LogP contribution < -0.4 is 5.19 Å². The quantitative estimate of drug-likeness (QED) is 0.679. The van der Waals surface area contributed by atoms with Crippen molar-refractivity contribution >= 4 is 14.5 Å². The van der Waals surface area contributed by atoms with Crippen molar-refractivity contribution in [1.82, 2.24) is 0 Å². The summed E-state index contributed by atoms with van der Waals surface area (Å²) < 4.78 is 11.6. The molecule has 0 saturated carbocycles. The predicted octanol–water partition coefficient (Wildman–Crippen LogP) is 2.54. The van der Waals surface area contributed by atoms with Crippen LogP contribution in [0.15, 0.2) is 24.3 Å². The highest BCUT2D eigenvalue weighted by Crippen LogP contribution is 1.99. The van der Waals surface area contributed by atoms with Gasteiger partial charge >= 0.3 is 9.28 Å². The molecule has 0 atom stereocenters. The van der Waals surface area contributed by atoms with Gasteiger partial charge in [0.25, 0.3) is 0 Å². The van der Waals surface area contributed by atoms with E-state index in [9.17, 15) is 0 Å². The SMILES string of the molecule is CCCO[Si](OCCC)c1ccc(C)cc1. The maximum absolute atomic E-state index is 5.80. The van der Waals surface area contributed by atoms with Crippen LogP contribution in [0, 0.1) is 6.92 Å². The predicted molar refractivity (Wildman–Crippen MR) is 69.1 cm³/mol. The van der Waals surface area contributed by atoms with Gasteiger partial charge in [0.05, 0.1) is 0 Å². The van der Waals surface area contributed by atoms with E-state index in [0.717, 1.165) is 26.1 Å². The molecule has 0 aliphatic carbocycles. The number of rotatable bonds is 7. The molecule has 2 nitrogen and oxygen atoms in total. The molecule has 0 heterocycles. The maximum atomic E-state index is 5.80. The summed E-state index contributed by atoms with van der Waals surface area (Å²) in [4.78, 5) is 0. The molecule has 1 radical (unpaired) electrons. The van der Waals surface area contributed by atoms with Crippen LogP contribution in [-0.2, 0) is 8.85 Å². The minimum Gasteiger partial charge on any atom is -0.390 e.